The number of aryl methyl sites for hydroxylation is 1. The molecule has 156 valence electrons. The van der Waals surface area contributed by atoms with Crippen LogP contribution in [-0.2, 0) is 14.3 Å². The smallest absolute Gasteiger partial charge is 0.306 e. The Morgan fingerprint density at radius 2 is 2.07 bits per heavy atom. The van der Waals surface area contributed by atoms with Crippen LogP contribution in [-0.4, -0.2) is 37.5 Å². The molecule has 0 heterocycles. The summed E-state index contributed by atoms with van der Waals surface area (Å²) >= 11 is 0. The van der Waals surface area contributed by atoms with Crippen LogP contribution in [0.3, 0.4) is 0 Å². The molecule has 2 bridgehead atoms. The van der Waals surface area contributed by atoms with Crippen LogP contribution >= 0.6 is 0 Å². The van der Waals surface area contributed by atoms with Crippen molar-refractivity contribution >= 4 is 5.97 Å². The highest BCUT2D eigenvalue weighted by atomic mass is 16.6. The van der Waals surface area contributed by atoms with E-state index in [1.54, 1.807) is 0 Å². The van der Waals surface area contributed by atoms with Gasteiger partial charge in [-0.3, -0.25) is 4.79 Å². The number of fused-ring (bicyclic) bond motifs is 3. The molecule has 4 nitrogen and oxygen atoms in total. The van der Waals surface area contributed by atoms with Gasteiger partial charge in [0, 0.05) is 5.92 Å². The maximum atomic E-state index is 12.6. The highest BCUT2D eigenvalue weighted by Gasteiger charge is 2.59. The minimum Gasteiger partial charge on any atom is -0.463 e. The van der Waals surface area contributed by atoms with Crippen LogP contribution in [0.5, 0.6) is 0 Å². The number of terminal acetylenes is 1. The van der Waals surface area contributed by atoms with E-state index in [0.717, 1.165) is 6.42 Å². The molecule has 0 radical (unpaired) electrons. The first-order chi connectivity index (χ1) is 14.1. The number of carbonyl (C=O) groups is 1. The van der Waals surface area contributed by atoms with Gasteiger partial charge in [0.25, 0.3) is 0 Å². The molecule has 2 fully saturated rings. The second-order valence-corrected chi connectivity index (χ2v) is 8.49. The molecule has 0 saturated heterocycles. The predicted molar refractivity (Wildman–Crippen MR) is 114 cm³/mol. The Labute approximate surface area is 174 Å². The lowest BCUT2D eigenvalue weighted by Crippen LogP contribution is -2.31. The van der Waals surface area contributed by atoms with Gasteiger partial charge in [-0.1, -0.05) is 30.4 Å². The maximum absolute atomic E-state index is 12.6. The van der Waals surface area contributed by atoms with Crippen molar-refractivity contribution in [2.24, 2.45) is 11.3 Å². The van der Waals surface area contributed by atoms with Crippen molar-refractivity contribution in [3.8, 4) is 12.8 Å². The summed E-state index contributed by atoms with van der Waals surface area (Å²) in [7, 11) is 0. The number of hydrogen-bond donors (Lipinski definition) is 1. The second kappa shape index (κ2) is 9.15. The first-order valence-electron chi connectivity index (χ1n) is 10.5. The first kappa shape index (κ1) is 21.6. The van der Waals surface area contributed by atoms with Crippen LogP contribution in [0, 0.1) is 31.1 Å². The van der Waals surface area contributed by atoms with E-state index in [1.165, 1.54) is 41.5 Å². The molecule has 0 aliphatic heterocycles. The van der Waals surface area contributed by atoms with Crippen molar-refractivity contribution in [1.82, 2.24) is 0 Å². The molecule has 4 rings (SSSR count). The van der Waals surface area contributed by atoms with Crippen LogP contribution in [0.4, 0.5) is 0 Å². The zero-order valence-electron chi connectivity index (χ0n) is 17.4. The van der Waals surface area contributed by atoms with Crippen molar-refractivity contribution in [1.29, 1.82) is 0 Å². The van der Waals surface area contributed by atoms with E-state index in [-0.39, 0.29) is 37.1 Å². The van der Waals surface area contributed by atoms with Gasteiger partial charge < -0.3 is 14.6 Å². The maximum Gasteiger partial charge on any atom is 0.306 e. The van der Waals surface area contributed by atoms with Crippen molar-refractivity contribution in [2.75, 3.05) is 26.4 Å². The summed E-state index contributed by atoms with van der Waals surface area (Å²) in [6.45, 7) is 7.40. The average Bonchev–Trinajstić information content (AvgIpc) is 3.14. The number of rotatable bonds is 7. The fourth-order valence-corrected chi connectivity index (χ4v) is 6.13. The number of aliphatic hydroxyl groups is 1. The van der Waals surface area contributed by atoms with E-state index < -0.39 is 0 Å². The Balaban J connectivity index is 0.00000117. The van der Waals surface area contributed by atoms with Gasteiger partial charge in [0.2, 0.25) is 0 Å². The number of allylic oxidation sites excluding steroid dienone is 1. The lowest BCUT2D eigenvalue weighted by Gasteiger charge is -2.40. The van der Waals surface area contributed by atoms with Crippen molar-refractivity contribution in [3.05, 3.63) is 47.0 Å². The number of benzene rings is 1. The molecular formula is C25H32O4. The standard InChI is InChI=1S/C23H30O4.C2H2/c1-15-4-3-5-18-19-7-6-17-14-23(19,13-16(17)2)20(22(15)18)12-21(25)27-11-10-26-9-8-24;1-2/h3-5,17,19-20,24H,2,6-14H2,1H3;1-2H/t17-,19?,20?,23+;/m1./s1. The van der Waals surface area contributed by atoms with E-state index in [0.29, 0.717) is 24.9 Å². The van der Waals surface area contributed by atoms with Gasteiger partial charge >= 0.3 is 5.97 Å². The minimum atomic E-state index is -0.142. The molecule has 0 aromatic heterocycles. The van der Waals surface area contributed by atoms with Crippen LogP contribution in [0.2, 0.25) is 0 Å². The lowest BCUT2D eigenvalue weighted by molar-refractivity contribution is -0.146. The Morgan fingerprint density at radius 1 is 1.28 bits per heavy atom. The third-order valence-corrected chi connectivity index (χ3v) is 7.13. The molecule has 1 N–H and O–H groups in total. The molecule has 0 amide bonds. The van der Waals surface area contributed by atoms with Gasteiger partial charge in [-0.2, -0.15) is 0 Å². The summed E-state index contributed by atoms with van der Waals surface area (Å²) in [5.41, 5.74) is 5.70. The van der Waals surface area contributed by atoms with Gasteiger partial charge in [0.15, 0.2) is 0 Å². The summed E-state index contributed by atoms with van der Waals surface area (Å²) in [4.78, 5) is 12.6. The molecule has 4 heteroatoms. The van der Waals surface area contributed by atoms with E-state index in [4.69, 9.17) is 14.6 Å². The Bertz CT molecular complexity index is 780. The van der Waals surface area contributed by atoms with Crippen LogP contribution in [0.25, 0.3) is 0 Å². The molecule has 2 saturated carbocycles. The Morgan fingerprint density at radius 3 is 2.83 bits per heavy atom. The van der Waals surface area contributed by atoms with Gasteiger partial charge in [0.05, 0.1) is 26.2 Å². The Hall–Kier alpha value is -2.09. The molecule has 2 unspecified atom stereocenters. The van der Waals surface area contributed by atoms with Crippen LogP contribution in [0.1, 0.15) is 60.6 Å². The normalized spacial score (nSPS) is 28.8. The summed E-state index contributed by atoms with van der Waals surface area (Å²) in [6, 6.07) is 6.62. The highest BCUT2D eigenvalue weighted by molar-refractivity contribution is 5.72. The monoisotopic (exact) mass is 396 g/mol. The number of carbonyl (C=O) groups excluding carboxylic acids is 1. The predicted octanol–water partition coefficient (Wildman–Crippen LogP) is 4.11. The Kier molecular flexibility index (Phi) is 6.82. The van der Waals surface area contributed by atoms with Crippen molar-refractivity contribution < 1.29 is 19.4 Å². The van der Waals surface area contributed by atoms with E-state index in [2.05, 4.69) is 44.5 Å². The summed E-state index contributed by atoms with van der Waals surface area (Å²) in [6.07, 6.45) is 13.1. The summed E-state index contributed by atoms with van der Waals surface area (Å²) < 4.78 is 10.6. The molecule has 3 aliphatic carbocycles. The fraction of sp³-hybridized carbons (Fsp3) is 0.560. The third-order valence-electron chi connectivity index (χ3n) is 7.13. The fourth-order valence-electron chi connectivity index (χ4n) is 6.13. The van der Waals surface area contributed by atoms with E-state index >= 15 is 0 Å². The van der Waals surface area contributed by atoms with Crippen LogP contribution in [0.15, 0.2) is 30.4 Å². The van der Waals surface area contributed by atoms with Crippen molar-refractivity contribution in [2.45, 2.75) is 50.9 Å². The summed E-state index contributed by atoms with van der Waals surface area (Å²) in [5.74, 6) is 1.26. The van der Waals surface area contributed by atoms with Gasteiger partial charge in [-0.05, 0) is 66.5 Å². The number of aliphatic hydroxyl groups excluding tert-OH is 1. The number of ether oxygens (including phenoxy) is 2. The van der Waals surface area contributed by atoms with Gasteiger partial charge in [-0.25, -0.2) is 0 Å². The molecule has 1 spiro atoms. The number of hydrogen-bond acceptors (Lipinski definition) is 4. The summed E-state index contributed by atoms with van der Waals surface area (Å²) in [5, 5.41) is 8.73. The third kappa shape index (κ3) is 3.86. The molecular weight excluding hydrogens is 364 g/mol. The first-order valence-corrected chi connectivity index (χ1v) is 10.5. The highest BCUT2D eigenvalue weighted by Crippen LogP contribution is 2.71. The molecule has 4 atom stereocenters. The minimum absolute atomic E-state index is 0.0129. The second-order valence-electron chi connectivity index (χ2n) is 8.49. The zero-order chi connectivity index (χ0) is 21.0. The molecule has 29 heavy (non-hydrogen) atoms. The largest absolute Gasteiger partial charge is 0.463 e. The van der Waals surface area contributed by atoms with E-state index in [9.17, 15) is 4.79 Å². The average molecular weight is 397 g/mol. The quantitative estimate of drug-likeness (QED) is 0.326. The zero-order valence-corrected chi connectivity index (χ0v) is 17.4. The van der Waals surface area contributed by atoms with Crippen LogP contribution < -0.4 is 0 Å². The van der Waals surface area contributed by atoms with Crippen molar-refractivity contribution in [3.63, 3.8) is 0 Å². The number of esters is 1. The molecule has 1 aromatic carbocycles. The topological polar surface area (TPSA) is 55.8 Å². The van der Waals surface area contributed by atoms with Gasteiger partial charge in [-0.15, -0.1) is 12.8 Å². The molecule has 1 aromatic rings. The van der Waals surface area contributed by atoms with E-state index in [1.807, 2.05) is 0 Å². The SMILES string of the molecule is C#C.C=C1C[C@]23C[C@H]1CCC2c1cccc(C)c1C3CC(=O)OCCOCCO. The van der Waals surface area contributed by atoms with Gasteiger partial charge in [0.1, 0.15) is 6.61 Å². The lowest BCUT2D eigenvalue weighted by atomic mass is 9.63. The molecule has 3 aliphatic rings.